The lowest BCUT2D eigenvalue weighted by Crippen LogP contribution is -2.47. The zero-order valence-electron chi connectivity index (χ0n) is 11.3. The fourth-order valence-corrected chi connectivity index (χ4v) is 3.00. The van der Waals surface area contributed by atoms with Gasteiger partial charge in [0.25, 0.3) is 0 Å². The van der Waals surface area contributed by atoms with Crippen molar-refractivity contribution < 1.29 is 4.74 Å². The highest BCUT2D eigenvalue weighted by Crippen LogP contribution is 2.29. The van der Waals surface area contributed by atoms with E-state index in [1.54, 1.807) is 0 Å². The van der Waals surface area contributed by atoms with Crippen molar-refractivity contribution >= 4 is 15.9 Å². The number of morpholine rings is 1. The lowest BCUT2D eigenvalue weighted by molar-refractivity contribution is -0.0615. The molecule has 0 radical (unpaired) electrons. The van der Waals surface area contributed by atoms with Crippen LogP contribution in [-0.4, -0.2) is 43.8 Å². The molecule has 2 atom stereocenters. The Bertz CT molecular complexity index is 419. The molecule has 2 aliphatic rings. The van der Waals surface area contributed by atoms with Crippen LogP contribution in [0, 0.1) is 0 Å². The van der Waals surface area contributed by atoms with Gasteiger partial charge in [-0.25, -0.2) is 0 Å². The van der Waals surface area contributed by atoms with Crippen molar-refractivity contribution in [2.45, 2.75) is 31.0 Å². The fraction of sp³-hybridized carbons (Fsp3) is 0.600. The van der Waals surface area contributed by atoms with Crippen molar-refractivity contribution in [2.75, 3.05) is 26.7 Å². The third kappa shape index (κ3) is 3.37. The number of hydrogen-bond donors (Lipinski definition) is 1. The van der Waals surface area contributed by atoms with Gasteiger partial charge in [0.05, 0.1) is 18.8 Å². The van der Waals surface area contributed by atoms with Gasteiger partial charge in [0.1, 0.15) is 0 Å². The van der Waals surface area contributed by atoms with Crippen LogP contribution in [0.5, 0.6) is 0 Å². The molecule has 1 aliphatic carbocycles. The van der Waals surface area contributed by atoms with E-state index in [-0.39, 0.29) is 6.10 Å². The third-order valence-electron chi connectivity index (χ3n) is 4.00. The van der Waals surface area contributed by atoms with Crippen LogP contribution in [0.25, 0.3) is 0 Å². The van der Waals surface area contributed by atoms with E-state index < -0.39 is 0 Å². The van der Waals surface area contributed by atoms with Gasteiger partial charge >= 0.3 is 0 Å². The third-order valence-corrected chi connectivity index (χ3v) is 4.53. The first-order chi connectivity index (χ1) is 9.24. The minimum absolute atomic E-state index is 0.250. The molecule has 1 aromatic rings. The molecule has 2 fully saturated rings. The van der Waals surface area contributed by atoms with E-state index in [9.17, 15) is 0 Å². The van der Waals surface area contributed by atoms with Gasteiger partial charge < -0.3 is 10.1 Å². The smallest absolute Gasteiger partial charge is 0.0896 e. The monoisotopic (exact) mass is 324 g/mol. The molecule has 1 N–H and O–H groups in total. The summed E-state index contributed by atoms with van der Waals surface area (Å²) in [5.74, 6) is 0. The second kappa shape index (κ2) is 5.92. The largest absolute Gasteiger partial charge is 0.374 e. The van der Waals surface area contributed by atoms with Crippen molar-refractivity contribution in [2.24, 2.45) is 0 Å². The summed E-state index contributed by atoms with van der Waals surface area (Å²) in [7, 11) is 2.19. The van der Waals surface area contributed by atoms with Crippen molar-refractivity contribution in [1.82, 2.24) is 10.2 Å². The van der Waals surface area contributed by atoms with Crippen LogP contribution < -0.4 is 5.32 Å². The van der Waals surface area contributed by atoms with Crippen molar-refractivity contribution in [3.8, 4) is 0 Å². The number of rotatable bonds is 4. The van der Waals surface area contributed by atoms with E-state index >= 15 is 0 Å². The first-order valence-electron chi connectivity index (χ1n) is 7.05. The SMILES string of the molecule is CN1CCOC(CNC2CC2)C1c1ccc(Br)cc1. The topological polar surface area (TPSA) is 24.5 Å². The molecule has 0 bridgehead atoms. The summed E-state index contributed by atoms with van der Waals surface area (Å²) in [6.07, 6.45) is 2.90. The van der Waals surface area contributed by atoms with Crippen LogP contribution in [-0.2, 0) is 4.74 Å². The minimum atomic E-state index is 0.250. The van der Waals surface area contributed by atoms with Crippen molar-refractivity contribution in [3.05, 3.63) is 34.3 Å². The maximum atomic E-state index is 6.01. The molecule has 1 aliphatic heterocycles. The maximum Gasteiger partial charge on any atom is 0.0896 e. The van der Waals surface area contributed by atoms with Crippen LogP contribution in [0.15, 0.2) is 28.7 Å². The van der Waals surface area contributed by atoms with Crippen LogP contribution in [0.4, 0.5) is 0 Å². The Morgan fingerprint density at radius 1 is 1.32 bits per heavy atom. The first-order valence-corrected chi connectivity index (χ1v) is 7.84. The zero-order chi connectivity index (χ0) is 13.2. The second-order valence-corrected chi connectivity index (χ2v) is 6.48. The van der Waals surface area contributed by atoms with Crippen LogP contribution in [0.1, 0.15) is 24.4 Å². The summed E-state index contributed by atoms with van der Waals surface area (Å²) >= 11 is 3.50. The van der Waals surface area contributed by atoms with Gasteiger partial charge in [-0.3, -0.25) is 4.90 Å². The summed E-state index contributed by atoms with van der Waals surface area (Å²) in [5, 5.41) is 3.60. The van der Waals surface area contributed by atoms with E-state index in [4.69, 9.17) is 4.74 Å². The predicted molar refractivity (Wildman–Crippen MR) is 80.3 cm³/mol. The van der Waals surface area contributed by atoms with Crippen LogP contribution >= 0.6 is 15.9 Å². The Balaban J connectivity index is 1.73. The summed E-state index contributed by atoms with van der Waals surface area (Å²) < 4.78 is 7.14. The Morgan fingerprint density at radius 2 is 2.05 bits per heavy atom. The summed E-state index contributed by atoms with van der Waals surface area (Å²) in [6, 6.07) is 9.72. The number of halogens is 1. The number of benzene rings is 1. The molecule has 3 nitrogen and oxygen atoms in total. The van der Waals surface area contributed by atoms with Gasteiger partial charge in [-0.2, -0.15) is 0 Å². The zero-order valence-corrected chi connectivity index (χ0v) is 12.9. The highest BCUT2D eigenvalue weighted by atomic mass is 79.9. The summed E-state index contributed by atoms with van der Waals surface area (Å²) in [6.45, 7) is 2.79. The second-order valence-electron chi connectivity index (χ2n) is 5.57. The molecule has 2 unspecified atom stereocenters. The quantitative estimate of drug-likeness (QED) is 0.921. The van der Waals surface area contributed by atoms with Gasteiger partial charge in [0.15, 0.2) is 0 Å². The van der Waals surface area contributed by atoms with Gasteiger partial charge in [-0.1, -0.05) is 28.1 Å². The van der Waals surface area contributed by atoms with Crippen molar-refractivity contribution in [1.29, 1.82) is 0 Å². The molecule has 19 heavy (non-hydrogen) atoms. The van der Waals surface area contributed by atoms with Crippen LogP contribution in [0.2, 0.25) is 0 Å². The molecule has 4 heteroatoms. The molecule has 1 saturated carbocycles. The molecule has 1 heterocycles. The molecule has 0 spiro atoms. The number of nitrogens with zero attached hydrogens (tertiary/aromatic N) is 1. The van der Waals surface area contributed by atoms with Gasteiger partial charge in [-0.15, -0.1) is 0 Å². The molecular weight excluding hydrogens is 304 g/mol. The first kappa shape index (κ1) is 13.6. The standard InChI is InChI=1S/C15H21BrN2O/c1-18-8-9-19-14(10-17-13-6-7-13)15(18)11-2-4-12(16)5-3-11/h2-5,13-15,17H,6-10H2,1H3. The number of likely N-dealkylation sites (N-methyl/N-ethyl adjacent to an activating group) is 1. The fourth-order valence-electron chi connectivity index (χ4n) is 2.73. The van der Waals surface area contributed by atoms with Crippen LogP contribution in [0.3, 0.4) is 0 Å². The molecule has 0 amide bonds. The lowest BCUT2D eigenvalue weighted by atomic mass is 9.98. The maximum absolute atomic E-state index is 6.01. The Kier molecular flexibility index (Phi) is 4.22. The lowest BCUT2D eigenvalue weighted by Gasteiger charge is -2.39. The molecule has 3 rings (SSSR count). The predicted octanol–water partition coefficient (Wildman–Crippen LogP) is 2.57. The number of nitrogens with one attached hydrogen (secondary N) is 1. The van der Waals surface area contributed by atoms with Crippen molar-refractivity contribution in [3.63, 3.8) is 0 Å². The van der Waals surface area contributed by atoms with E-state index in [1.165, 1.54) is 18.4 Å². The Morgan fingerprint density at radius 3 is 2.74 bits per heavy atom. The highest BCUT2D eigenvalue weighted by Gasteiger charge is 2.32. The van der Waals surface area contributed by atoms with E-state index in [0.29, 0.717) is 6.04 Å². The summed E-state index contributed by atoms with van der Waals surface area (Å²) in [5.41, 5.74) is 1.34. The Hall–Kier alpha value is -0.420. The summed E-state index contributed by atoms with van der Waals surface area (Å²) in [4.78, 5) is 2.41. The number of ether oxygens (including phenoxy) is 1. The van der Waals surface area contributed by atoms with E-state index in [2.05, 4.69) is 57.5 Å². The van der Waals surface area contributed by atoms with E-state index in [1.807, 2.05) is 0 Å². The number of hydrogen-bond acceptors (Lipinski definition) is 3. The minimum Gasteiger partial charge on any atom is -0.374 e. The molecule has 1 saturated heterocycles. The highest BCUT2D eigenvalue weighted by molar-refractivity contribution is 9.10. The normalized spacial score (nSPS) is 28.5. The van der Waals surface area contributed by atoms with Gasteiger partial charge in [-0.05, 0) is 37.6 Å². The van der Waals surface area contributed by atoms with Gasteiger partial charge in [0, 0.05) is 23.6 Å². The molecular formula is C15H21BrN2O. The average Bonchev–Trinajstić information content (AvgIpc) is 3.22. The Labute approximate surface area is 123 Å². The average molecular weight is 325 g/mol. The molecule has 1 aromatic carbocycles. The van der Waals surface area contributed by atoms with E-state index in [0.717, 1.165) is 30.2 Å². The molecule has 0 aromatic heterocycles. The molecule has 104 valence electrons. The van der Waals surface area contributed by atoms with Gasteiger partial charge in [0.2, 0.25) is 0 Å².